The molecule has 6 heteroatoms. The monoisotopic (exact) mass is 305 g/mol. The Hall–Kier alpha value is -2.37. The lowest BCUT2D eigenvalue weighted by Crippen LogP contribution is -2.46. The van der Waals surface area contributed by atoms with E-state index in [9.17, 15) is 14.4 Å². The summed E-state index contributed by atoms with van der Waals surface area (Å²) in [4.78, 5) is 35.0. The molecule has 3 amide bonds. The lowest BCUT2D eigenvalue weighted by molar-refractivity contribution is -0.129. The Kier molecular flexibility index (Phi) is 6.10. The molecule has 1 aromatic rings. The van der Waals surface area contributed by atoms with Crippen molar-refractivity contribution >= 4 is 23.4 Å². The number of rotatable bonds is 4. The molecule has 0 saturated carbocycles. The minimum atomic E-state index is -0.583. The van der Waals surface area contributed by atoms with E-state index in [0.29, 0.717) is 17.7 Å². The first kappa shape index (κ1) is 17.7. The van der Waals surface area contributed by atoms with Crippen molar-refractivity contribution in [3.8, 4) is 0 Å². The van der Waals surface area contributed by atoms with Crippen molar-refractivity contribution < 1.29 is 14.4 Å². The maximum absolute atomic E-state index is 11.9. The maximum atomic E-state index is 11.9. The lowest BCUT2D eigenvalue weighted by Gasteiger charge is -2.17. The molecule has 0 radical (unpaired) electrons. The number of anilines is 1. The fourth-order valence-corrected chi connectivity index (χ4v) is 1.53. The summed E-state index contributed by atoms with van der Waals surface area (Å²) >= 11 is 0. The van der Waals surface area contributed by atoms with Gasteiger partial charge in [0.15, 0.2) is 0 Å². The molecule has 3 N–H and O–H groups in total. The van der Waals surface area contributed by atoms with Crippen molar-refractivity contribution in [3.05, 3.63) is 29.8 Å². The molecule has 0 heterocycles. The molecular formula is C16H23N3O3. The van der Waals surface area contributed by atoms with Gasteiger partial charge in [0.2, 0.25) is 11.8 Å². The molecule has 0 aromatic heterocycles. The van der Waals surface area contributed by atoms with Crippen molar-refractivity contribution in [2.24, 2.45) is 5.41 Å². The average Bonchev–Trinajstić information content (AvgIpc) is 2.44. The van der Waals surface area contributed by atoms with E-state index in [4.69, 9.17) is 0 Å². The van der Waals surface area contributed by atoms with Crippen LogP contribution in [0.5, 0.6) is 0 Å². The van der Waals surface area contributed by atoms with Crippen LogP contribution in [0.3, 0.4) is 0 Å². The van der Waals surface area contributed by atoms with Crippen LogP contribution in [0.4, 0.5) is 5.69 Å². The van der Waals surface area contributed by atoms with Gasteiger partial charge in [-0.25, -0.2) is 0 Å². The van der Waals surface area contributed by atoms with Crippen LogP contribution in [-0.4, -0.2) is 17.7 Å². The van der Waals surface area contributed by atoms with Gasteiger partial charge in [-0.15, -0.1) is 0 Å². The third kappa shape index (κ3) is 5.55. The number of carbonyl (C=O) groups is 3. The normalized spacial score (nSPS) is 10.7. The third-order valence-electron chi connectivity index (χ3n) is 2.88. The smallest absolute Gasteiger partial charge is 0.269 e. The van der Waals surface area contributed by atoms with Gasteiger partial charge in [-0.05, 0) is 30.7 Å². The Morgan fingerprint density at radius 2 is 1.59 bits per heavy atom. The van der Waals surface area contributed by atoms with E-state index in [0.717, 1.165) is 6.42 Å². The molecule has 0 aliphatic rings. The summed E-state index contributed by atoms with van der Waals surface area (Å²) in [6.45, 7) is 7.19. The van der Waals surface area contributed by atoms with Crippen LogP contribution in [0.25, 0.3) is 0 Å². The minimum Gasteiger partial charge on any atom is -0.326 e. The van der Waals surface area contributed by atoms with E-state index in [2.05, 4.69) is 16.2 Å². The van der Waals surface area contributed by atoms with E-state index >= 15 is 0 Å². The summed E-state index contributed by atoms with van der Waals surface area (Å²) in [5.41, 5.74) is 5.18. The highest BCUT2D eigenvalue weighted by Gasteiger charge is 2.21. The zero-order chi connectivity index (χ0) is 16.8. The predicted molar refractivity (Wildman–Crippen MR) is 85.0 cm³/mol. The predicted octanol–water partition coefficient (Wildman–Crippen LogP) is 2.23. The van der Waals surface area contributed by atoms with Gasteiger partial charge in [-0.2, -0.15) is 0 Å². The van der Waals surface area contributed by atoms with Gasteiger partial charge in [0.05, 0.1) is 0 Å². The highest BCUT2D eigenvalue weighted by Crippen LogP contribution is 2.12. The molecule has 0 spiro atoms. The Morgan fingerprint density at radius 1 is 1.00 bits per heavy atom. The molecule has 22 heavy (non-hydrogen) atoms. The quantitative estimate of drug-likeness (QED) is 0.745. The van der Waals surface area contributed by atoms with E-state index < -0.39 is 11.3 Å². The molecule has 120 valence electrons. The first-order valence-corrected chi connectivity index (χ1v) is 7.24. The Labute approximate surface area is 130 Å². The zero-order valence-electron chi connectivity index (χ0n) is 13.4. The van der Waals surface area contributed by atoms with E-state index in [1.165, 1.54) is 0 Å². The van der Waals surface area contributed by atoms with Crippen LogP contribution in [0.1, 0.15) is 50.9 Å². The largest absolute Gasteiger partial charge is 0.326 e. The molecule has 0 aliphatic heterocycles. The van der Waals surface area contributed by atoms with Crippen LogP contribution in [0, 0.1) is 5.41 Å². The molecule has 0 fully saturated rings. The fraction of sp³-hybridized carbons (Fsp3) is 0.438. The Bertz CT molecular complexity index is 545. The number of hydrogen-bond donors (Lipinski definition) is 3. The number of hydrazine groups is 1. The second kappa shape index (κ2) is 7.59. The summed E-state index contributed by atoms with van der Waals surface area (Å²) in [6, 6.07) is 6.46. The molecule has 0 unspecified atom stereocenters. The topological polar surface area (TPSA) is 87.3 Å². The maximum Gasteiger partial charge on any atom is 0.269 e. The summed E-state index contributed by atoms with van der Waals surface area (Å²) < 4.78 is 0. The second-order valence-corrected chi connectivity index (χ2v) is 6.03. The molecule has 1 rings (SSSR count). The van der Waals surface area contributed by atoms with Gasteiger partial charge in [-0.1, -0.05) is 27.7 Å². The van der Waals surface area contributed by atoms with Gasteiger partial charge < -0.3 is 5.32 Å². The molecule has 1 aromatic carbocycles. The molecule has 0 aliphatic carbocycles. The summed E-state index contributed by atoms with van der Waals surface area (Å²) in [7, 11) is 0. The lowest BCUT2D eigenvalue weighted by atomic mass is 9.96. The van der Waals surface area contributed by atoms with Crippen LogP contribution >= 0.6 is 0 Å². The number of carbonyl (C=O) groups excluding carboxylic acids is 3. The molecule has 0 saturated heterocycles. The summed E-state index contributed by atoms with van der Waals surface area (Å²) in [6.07, 6.45) is 1.24. The Morgan fingerprint density at radius 3 is 2.09 bits per heavy atom. The SMILES string of the molecule is CCCC(=O)Nc1ccc(C(=O)NNC(=O)C(C)(C)C)cc1. The van der Waals surface area contributed by atoms with Crippen LogP contribution in [0.2, 0.25) is 0 Å². The third-order valence-corrected chi connectivity index (χ3v) is 2.88. The van der Waals surface area contributed by atoms with Crippen molar-refractivity contribution in [2.45, 2.75) is 40.5 Å². The Balaban J connectivity index is 2.57. The molecule has 6 nitrogen and oxygen atoms in total. The number of benzene rings is 1. The van der Waals surface area contributed by atoms with Gasteiger partial charge in [0, 0.05) is 23.1 Å². The standard InChI is InChI=1S/C16H23N3O3/c1-5-6-13(20)17-12-9-7-11(8-10-12)14(21)18-19-15(22)16(2,3)4/h7-10H,5-6H2,1-4H3,(H,17,20)(H,18,21)(H,19,22). The number of amides is 3. The zero-order valence-corrected chi connectivity index (χ0v) is 13.4. The van der Waals surface area contributed by atoms with Crippen molar-refractivity contribution in [1.82, 2.24) is 10.9 Å². The first-order chi connectivity index (χ1) is 10.2. The second-order valence-electron chi connectivity index (χ2n) is 6.03. The van der Waals surface area contributed by atoms with Crippen LogP contribution in [-0.2, 0) is 9.59 Å². The molecular weight excluding hydrogens is 282 g/mol. The average molecular weight is 305 g/mol. The minimum absolute atomic E-state index is 0.0582. The van der Waals surface area contributed by atoms with Gasteiger partial charge >= 0.3 is 0 Å². The van der Waals surface area contributed by atoms with Crippen molar-refractivity contribution in [3.63, 3.8) is 0 Å². The summed E-state index contributed by atoms with van der Waals surface area (Å²) in [5, 5.41) is 2.74. The summed E-state index contributed by atoms with van der Waals surface area (Å²) in [5.74, 6) is -0.745. The van der Waals surface area contributed by atoms with Gasteiger partial charge in [0.25, 0.3) is 5.91 Å². The highest BCUT2D eigenvalue weighted by atomic mass is 16.2. The van der Waals surface area contributed by atoms with Crippen molar-refractivity contribution in [1.29, 1.82) is 0 Å². The number of hydrogen-bond acceptors (Lipinski definition) is 3. The first-order valence-electron chi connectivity index (χ1n) is 7.24. The fourth-order valence-electron chi connectivity index (χ4n) is 1.53. The molecule has 0 bridgehead atoms. The van der Waals surface area contributed by atoms with Crippen LogP contribution < -0.4 is 16.2 Å². The van der Waals surface area contributed by atoms with E-state index in [1.54, 1.807) is 45.0 Å². The van der Waals surface area contributed by atoms with E-state index in [-0.39, 0.29) is 11.8 Å². The molecule has 0 atom stereocenters. The van der Waals surface area contributed by atoms with Crippen molar-refractivity contribution in [2.75, 3.05) is 5.32 Å². The number of nitrogens with one attached hydrogen (secondary N) is 3. The van der Waals surface area contributed by atoms with Gasteiger partial charge in [0.1, 0.15) is 0 Å². The van der Waals surface area contributed by atoms with E-state index in [1.807, 2.05) is 6.92 Å². The highest BCUT2D eigenvalue weighted by molar-refractivity contribution is 5.97. The van der Waals surface area contributed by atoms with Gasteiger partial charge in [-0.3, -0.25) is 25.2 Å². The van der Waals surface area contributed by atoms with Crippen LogP contribution in [0.15, 0.2) is 24.3 Å².